The van der Waals surface area contributed by atoms with E-state index in [1.54, 1.807) is 12.4 Å². The number of rotatable bonds is 3. The summed E-state index contributed by atoms with van der Waals surface area (Å²) in [5.41, 5.74) is 1.97. The molecule has 0 N–H and O–H groups in total. The average molecular weight is 313 g/mol. The maximum absolute atomic E-state index is 4.67. The Morgan fingerprint density at radius 2 is 1.57 bits per heavy atom. The molecule has 3 heterocycles. The van der Waals surface area contributed by atoms with E-state index in [1.165, 1.54) is 0 Å². The third kappa shape index (κ3) is 3.33. The first-order valence-corrected chi connectivity index (χ1v) is 7.85. The van der Waals surface area contributed by atoms with Crippen molar-refractivity contribution in [2.75, 3.05) is 55.0 Å². The van der Waals surface area contributed by atoms with E-state index in [4.69, 9.17) is 0 Å². The highest BCUT2D eigenvalue weighted by atomic mass is 15.3. The van der Waals surface area contributed by atoms with Crippen LogP contribution in [0.15, 0.2) is 18.5 Å². The molecule has 0 aliphatic carbocycles. The summed E-state index contributed by atoms with van der Waals surface area (Å²) in [5.74, 6) is 2.74. The van der Waals surface area contributed by atoms with E-state index in [9.17, 15) is 0 Å². The summed E-state index contributed by atoms with van der Waals surface area (Å²) in [6, 6.07) is 2.05. The smallest absolute Gasteiger partial charge is 0.226 e. The molecule has 1 saturated heterocycles. The van der Waals surface area contributed by atoms with Crippen LogP contribution in [0, 0.1) is 13.8 Å². The van der Waals surface area contributed by atoms with Crippen LogP contribution in [0.5, 0.6) is 0 Å². The maximum atomic E-state index is 4.67. The van der Waals surface area contributed by atoms with Crippen molar-refractivity contribution in [1.82, 2.24) is 19.9 Å². The second-order valence-electron chi connectivity index (χ2n) is 6.00. The molecular weight excluding hydrogens is 290 g/mol. The van der Waals surface area contributed by atoms with E-state index < -0.39 is 0 Å². The first kappa shape index (κ1) is 15.5. The van der Waals surface area contributed by atoms with Gasteiger partial charge in [0.05, 0.1) is 5.69 Å². The molecule has 0 atom stereocenters. The Balaban J connectivity index is 1.73. The molecule has 0 bridgehead atoms. The molecule has 0 amide bonds. The van der Waals surface area contributed by atoms with E-state index in [2.05, 4.69) is 35.8 Å². The summed E-state index contributed by atoms with van der Waals surface area (Å²) in [5, 5.41) is 0. The van der Waals surface area contributed by atoms with Gasteiger partial charge in [0.2, 0.25) is 5.95 Å². The lowest BCUT2D eigenvalue weighted by atomic mass is 10.2. The Morgan fingerprint density at radius 3 is 2.22 bits per heavy atom. The van der Waals surface area contributed by atoms with Crippen LogP contribution in [0.1, 0.15) is 11.4 Å². The first-order valence-electron chi connectivity index (χ1n) is 7.85. The molecule has 1 fully saturated rings. The fourth-order valence-electron chi connectivity index (χ4n) is 2.76. The molecular formula is C16H23N7. The summed E-state index contributed by atoms with van der Waals surface area (Å²) >= 11 is 0. The topological polar surface area (TPSA) is 61.3 Å². The predicted octanol–water partition coefficient (Wildman–Crippen LogP) is 1.28. The van der Waals surface area contributed by atoms with Gasteiger partial charge in [0.15, 0.2) is 0 Å². The number of hydrogen-bond acceptors (Lipinski definition) is 7. The van der Waals surface area contributed by atoms with E-state index in [-0.39, 0.29) is 0 Å². The molecule has 0 radical (unpaired) electrons. The minimum atomic E-state index is 0.757. The zero-order chi connectivity index (χ0) is 16.4. The van der Waals surface area contributed by atoms with Crippen LogP contribution in [0.3, 0.4) is 0 Å². The van der Waals surface area contributed by atoms with Gasteiger partial charge in [-0.2, -0.15) is 4.98 Å². The maximum Gasteiger partial charge on any atom is 0.226 e. The lowest BCUT2D eigenvalue weighted by molar-refractivity contribution is 0.637. The molecule has 7 heteroatoms. The normalized spacial score (nSPS) is 15.0. The van der Waals surface area contributed by atoms with Crippen molar-refractivity contribution in [2.24, 2.45) is 0 Å². The number of piperazine rings is 1. The highest BCUT2D eigenvalue weighted by Crippen LogP contribution is 2.21. The van der Waals surface area contributed by atoms with E-state index >= 15 is 0 Å². The molecule has 23 heavy (non-hydrogen) atoms. The largest absolute Gasteiger partial charge is 0.353 e. The third-order valence-electron chi connectivity index (χ3n) is 3.99. The van der Waals surface area contributed by atoms with Gasteiger partial charge in [0, 0.05) is 64.4 Å². The average Bonchev–Trinajstić information content (AvgIpc) is 2.55. The summed E-state index contributed by atoms with van der Waals surface area (Å²) < 4.78 is 0. The first-order chi connectivity index (χ1) is 11.0. The van der Waals surface area contributed by atoms with Gasteiger partial charge in [0.25, 0.3) is 0 Å². The fraction of sp³-hybridized carbons (Fsp3) is 0.500. The number of aromatic nitrogens is 4. The molecule has 122 valence electrons. The molecule has 2 aromatic rings. The Hall–Kier alpha value is -2.44. The molecule has 0 unspecified atom stereocenters. The highest BCUT2D eigenvalue weighted by Gasteiger charge is 2.21. The van der Waals surface area contributed by atoms with Crippen molar-refractivity contribution in [3.8, 4) is 0 Å². The summed E-state index contributed by atoms with van der Waals surface area (Å²) in [7, 11) is 3.93. The second kappa shape index (κ2) is 6.36. The summed E-state index contributed by atoms with van der Waals surface area (Å²) in [4.78, 5) is 24.5. The number of anilines is 3. The molecule has 0 aromatic carbocycles. The Labute approximate surface area is 137 Å². The number of hydrogen-bond donors (Lipinski definition) is 0. The number of nitrogens with zero attached hydrogens (tertiary/aromatic N) is 7. The SMILES string of the molecule is Cc1cc(N2CCN(c3nccnc3C)CC2)nc(N(C)C)n1. The van der Waals surface area contributed by atoms with Gasteiger partial charge in [-0.3, -0.25) is 4.98 Å². The monoisotopic (exact) mass is 313 g/mol. The molecule has 1 aliphatic rings. The van der Waals surface area contributed by atoms with Gasteiger partial charge >= 0.3 is 0 Å². The van der Waals surface area contributed by atoms with E-state index in [1.807, 2.05) is 32.8 Å². The molecule has 1 aliphatic heterocycles. The van der Waals surface area contributed by atoms with Crippen molar-refractivity contribution in [1.29, 1.82) is 0 Å². The Kier molecular flexibility index (Phi) is 4.27. The van der Waals surface area contributed by atoms with Crippen LogP contribution in [0.2, 0.25) is 0 Å². The van der Waals surface area contributed by atoms with Gasteiger partial charge in [-0.25, -0.2) is 9.97 Å². The van der Waals surface area contributed by atoms with E-state index in [0.717, 1.165) is 55.2 Å². The summed E-state index contributed by atoms with van der Waals surface area (Å²) in [6.45, 7) is 7.68. The predicted molar refractivity (Wildman–Crippen MR) is 92.3 cm³/mol. The molecule has 0 saturated carbocycles. The van der Waals surface area contributed by atoms with Crippen LogP contribution in [0.25, 0.3) is 0 Å². The van der Waals surface area contributed by atoms with Crippen LogP contribution >= 0.6 is 0 Å². The van der Waals surface area contributed by atoms with Crippen LogP contribution < -0.4 is 14.7 Å². The minimum Gasteiger partial charge on any atom is -0.353 e. The van der Waals surface area contributed by atoms with Crippen LogP contribution in [0.4, 0.5) is 17.6 Å². The standard InChI is InChI=1S/C16H23N7/c1-12-11-14(20-16(19-12)21(3)4)22-7-9-23(10-8-22)15-13(2)17-5-6-18-15/h5-6,11H,7-10H2,1-4H3. The van der Waals surface area contributed by atoms with Gasteiger partial charge in [0.1, 0.15) is 11.6 Å². The minimum absolute atomic E-state index is 0.757. The number of aryl methyl sites for hydroxylation is 2. The van der Waals surface area contributed by atoms with Crippen LogP contribution in [-0.4, -0.2) is 60.2 Å². The fourth-order valence-corrected chi connectivity index (χ4v) is 2.76. The zero-order valence-electron chi connectivity index (χ0n) is 14.2. The van der Waals surface area contributed by atoms with Gasteiger partial charge in [-0.1, -0.05) is 0 Å². The highest BCUT2D eigenvalue weighted by molar-refractivity contribution is 5.49. The van der Waals surface area contributed by atoms with Crippen molar-refractivity contribution in [2.45, 2.75) is 13.8 Å². The van der Waals surface area contributed by atoms with E-state index in [0.29, 0.717) is 0 Å². The van der Waals surface area contributed by atoms with Gasteiger partial charge < -0.3 is 14.7 Å². The molecule has 7 nitrogen and oxygen atoms in total. The third-order valence-corrected chi connectivity index (χ3v) is 3.99. The van der Waals surface area contributed by atoms with Gasteiger partial charge in [-0.05, 0) is 13.8 Å². The quantitative estimate of drug-likeness (QED) is 0.846. The zero-order valence-corrected chi connectivity index (χ0v) is 14.2. The lowest BCUT2D eigenvalue weighted by Crippen LogP contribution is -2.47. The lowest BCUT2D eigenvalue weighted by Gasteiger charge is -2.36. The molecule has 3 rings (SSSR count). The summed E-state index contributed by atoms with van der Waals surface area (Å²) in [6.07, 6.45) is 3.49. The van der Waals surface area contributed by atoms with Crippen LogP contribution in [-0.2, 0) is 0 Å². The second-order valence-corrected chi connectivity index (χ2v) is 6.00. The Morgan fingerprint density at radius 1 is 0.913 bits per heavy atom. The van der Waals surface area contributed by atoms with Crippen molar-refractivity contribution in [3.63, 3.8) is 0 Å². The Bertz CT molecular complexity index is 678. The molecule has 2 aromatic heterocycles. The van der Waals surface area contributed by atoms with Crippen molar-refractivity contribution in [3.05, 3.63) is 29.8 Å². The van der Waals surface area contributed by atoms with Gasteiger partial charge in [-0.15, -0.1) is 0 Å². The van der Waals surface area contributed by atoms with Crippen molar-refractivity contribution < 1.29 is 0 Å². The van der Waals surface area contributed by atoms with Crippen molar-refractivity contribution >= 4 is 17.6 Å². The molecule has 0 spiro atoms.